The van der Waals surface area contributed by atoms with Gasteiger partial charge in [0.2, 0.25) is 5.91 Å². The Morgan fingerprint density at radius 1 is 1.19 bits per heavy atom. The molecule has 0 fully saturated rings. The van der Waals surface area contributed by atoms with Crippen LogP contribution in [-0.4, -0.2) is 28.9 Å². The minimum atomic E-state index is -0.445. The van der Waals surface area contributed by atoms with Crippen molar-refractivity contribution in [3.63, 3.8) is 0 Å². The number of hydrogen-bond acceptors (Lipinski definition) is 7. The van der Waals surface area contributed by atoms with E-state index < -0.39 is 4.92 Å². The van der Waals surface area contributed by atoms with E-state index in [2.05, 4.69) is 15.6 Å². The summed E-state index contributed by atoms with van der Waals surface area (Å²) in [6.45, 7) is 3.21. The molecule has 0 spiro atoms. The van der Waals surface area contributed by atoms with E-state index in [1.165, 1.54) is 18.2 Å². The zero-order chi connectivity index (χ0) is 22.1. The fraction of sp³-hybridized carbons (Fsp3) is 0.182. The number of carbonyl (C=O) groups excluding carboxylic acids is 1. The molecule has 3 rings (SSSR count). The topological polar surface area (TPSA) is 106 Å². The van der Waals surface area contributed by atoms with E-state index in [1.807, 2.05) is 36.6 Å². The first kappa shape index (κ1) is 22.0. The van der Waals surface area contributed by atoms with E-state index in [4.69, 9.17) is 4.74 Å². The average molecular weight is 439 g/mol. The van der Waals surface area contributed by atoms with Crippen molar-refractivity contribution in [3.05, 3.63) is 86.4 Å². The maximum Gasteiger partial charge on any atom is 0.269 e. The number of non-ortho nitro benzene ring substituents is 1. The number of hydrogen-bond donors (Lipinski definition) is 2. The number of thiazole rings is 1. The van der Waals surface area contributed by atoms with E-state index in [0.717, 1.165) is 22.0 Å². The smallest absolute Gasteiger partial charge is 0.269 e. The number of nitrogens with zero attached hydrogens (tertiary/aromatic N) is 2. The second-order valence-corrected chi connectivity index (χ2v) is 7.60. The molecule has 31 heavy (non-hydrogen) atoms. The van der Waals surface area contributed by atoms with Gasteiger partial charge < -0.3 is 15.4 Å². The highest BCUT2D eigenvalue weighted by Crippen LogP contribution is 2.21. The van der Waals surface area contributed by atoms with Gasteiger partial charge in [-0.15, -0.1) is 11.3 Å². The van der Waals surface area contributed by atoms with E-state index >= 15 is 0 Å². The first-order valence-corrected chi connectivity index (χ1v) is 10.5. The van der Waals surface area contributed by atoms with Crippen molar-refractivity contribution in [1.29, 1.82) is 0 Å². The number of benzene rings is 2. The molecule has 160 valence electrons. The number of anilines is 1. The first-order valence-electron chi connectivity index (χ1n) is 9.58. The summed E-state index contributed by atoms with van der Waals surface area (Å²) in [5, 5.41) is 19.5. The number of aryl methyl sites for hydroxylation is 1. The monoisotopic (exact) mass is 438 g/mol. The molecule has 1 amide bonds. The van der Waals surface area contributed by atoms with Gasteiger partial charge in [0.15, 0.2) is 0 Å². The van der Waals surface area contributed by atoms with Crippen LogP contribution in [0.25, 0.3) is 6.08 Å². The van der Waals surface area contributed by atoms with Crippen LogP contribution in [-0.2, 0) is 11.4 Å². The molecule has 2 aromatic carbocycles. The Morgan fingerprint density at radius 3 is 2.68 bits per heavy atom. The summed E-state index contributed by atoms with van der Waals surface area (Å²) in [6.07, 6.45) is 3.17. The molecular formula is C22H22N4O4S. The van der Waals surface area contributed by atoms with E-state index in [0.29, 0.717) is 25.4 Å². The van der Waals surface area contributed by atoms with Crippen LogP contribution in [0.5, 0.6) is 5.75 Å². The molecule has 0 atom stereocenters. The van der Waals surface area contributed by atoms with Crippen molar-refractivity contribution in [2.24, 2.45) is 0 Å². The van der Waals surface area contributed by atoms with Crippen LogP contribution in [0.1, 0.15) is 16.3 Å². The highest BCUT2D eigenvalue weighted by atomic mass is 32.1. The summed E-state index contributed by atoms with van der Waals surface area (Å²) >= 11 is 1.58. The highest BCUT2D eigenvalue weighted by molar-refractivity contribution is 7.09. The Kier molecular flexibility index (Phi) is 7.72. The van der Waals surface area contributed by atoms with Crippen molar-refractivity contribution >= 4 is 34.7 Å². The van der Waals surface area contributed by atoms with Gasteiger partial charge in [-0.05, 0) is 31.2 Å². The number of nitro benzene ring substituents is 1. The maximum atomic E-state index is 12.1. The molecule has 3 aromatic rings. The second-order valence-electron chi connectivity index (χ2n) is 6.54. The van der Waals surface area contributed by atoms with Gasteiger partial charge in [0.1, 0.15) is 12.4 Å². The predicted octanol–water partition coefficient (Wildman–Crippen LogP) is 4.18. The zero-order valence-electron chi connectivity index (χ0n) is 16.9. The van der Waals surface area contributed by atoms with Gasteiger partial charge in [0.05, 0.1) is 15.6 Å². The van der Waals surface area contributed by atoms with Crippen LogP contribution in [0.15, 0.2) is 60.0 Å². The molecule has 0 saturated heterocycles. The van der Waals surface area contributed by atoms with Crippen molar-refractivity contribution in [1.82, 2.24) is 10.3 Å². The fourth-order valence-corrected chi connectivity index (χ4v) is 3.29. The third-order valence-corrected chi connectivity index (χ3v) is 5.03. The van der Waals surface area contributed by atoms with Crippen LogP contribution in [0.3, 0.4) is 0 Å². The molecule has 9 heteroatoms. The summed E-state index contributed by atoms with van der Waals surface area (Å²) in [4.78, 5) is 26.7. The number of amides is 1. The SMILES string of the molecule is Cc1nc(COc2ccccc2/C=C/C(=O)NCCNc2ccc([N+](=O)[O-])cc2)cs1. The molecule has 0 aliphatic rings. The number of nitro groups is 1. The van der Waals surface area contributed by atoms with Crippen molar-refractivity contribution in [3.8, 4) is 5.75 Å². The standard InChI is InChI=1S/C22H22N4O4S/c1-16-25-19(15-31-16)14-30-21-5-3-2-4-17(21)6-11-22(27)24-13-12-23-18-7-9-20(10-8-18)26(28)29/h2-11,15,23H,12-14H2,1H3,(H,24,27)/b11-6+. The molecule has 0 bridgehead atoms. The Bertz CT molecular complexity index is 1060. The number of ether oxygens (including phenoxy) is 1. The lowest BCUT2D eigenvalue weighted by Crippen LogP contribution is -2.27. The molecule has 0 aliphatic carbocycles. The Hall–Kier alpha value is -3.72. The molecule has 2 N–H and O–H groups in total. The minimum absolute atomic E-state index is 0.0370. The zero-order valence-corrected chi connectivity index (χ0v) is 17.7. The van der Waals surface area contributed by atoms with Crippen LogP contribution >= 0.6 is 11.3 Å². The number of para-hydroxylation sites is 1. The van der Waals surface area contributed by atoms with Gasteiger partial charge in [0, 0.05) is 47.9 Å². The van der Waals surface area contributed by atoms with E-state index in [1.54, 1.807) is 29.5 Å². The summed E-state index contributed by atoms with van der Waals surface area (Å²) in [7, 11) is 0. The third kappa shape index (κ3) is 6.93. The highest BCUT2D eigenvalue weighted by Gasteiger charge is 2.05. The molecule has 0 aliphatic heterocycles. The van der Waals surface area contributed by atoms with Crippen molar-refractivity contribution in [2.75, 3.05) is 18.4 Å². The lowest BCUT2D eigenvalue weighted by Gasteiger charge is -2.08. The van der Waals surface area contributed by atoms with Gasteiger partial charge in [-0.25, -0.2) is 4.98 Å². The molecule has 0 radical (unpaired) electrons. The van der Waals surface area contributed by atoms with Crippen LogP contribution in [0.2, 0.25) is 0 Å². The number of aromatic nitrogens is 1. The normalized spacial score (nSPS) is 10.7. The van der Waals surface area contributed by atoms with Crippen LogP contribution in [0, 0.1) is 17.0 Å². The third-order valence-electron chi connectivity index (χ3n) is 4.21. The van der Waals surface area contributed by atoms with Crippen molar-refractivity contribution in [2.45, 2.75) is 13.5 Å². The quantitative estimate of drug-likeness (QED) is 0.213. The predicted molar refractivity (Wildman–Crippen MR) is 121 cm³/mol. The van der Waals surface area contributed by atoms with Gasteiger partial charge in [-0.2, -0.15) is 0 Å². The number of nitrogens with one attached hydrogen (secondary N) is 2. The lowest BCUT2D eigenvalue weighted by atomic mass is 10.2. The second kappa shape index (κ2) is 10.9. The van der Waals surface area contributed by atoms with E-state index in [9.17, 15) is 14.9 Å². The molecule has 0 saturated carbocycles. The summed E-state index contributed by atoms with van der Waals surface area (Å²) in [5.41, 5.74) is 2.46. The average Bonchev–Trinajstić information content (AvgIpc) is 3.19. The Morgan fingerprint density at radius 2 is 1.97 bits per heavy atom. The van der Waals surface area contributed by atoms with Gasteiger partial charge in [-0.3, -0.25) is 14.9 Å². The van der Waals surface area contributed by atoms with Crippen molar-refractivity contribution < 1.29 is 14.5 Å². The molecular weight excluding hydrogens is 416 g/mol. The minimum Gasteiger partial charge on any atom is -0.487 e. The maximum absolute atomic E-state index is 12.1. The van der Waals surface area contributed by atoms with Gasteiger partial charge in [0.25, 0.3) is 5.69 Å². The van der Waals surface area contributed by atoms with Crippen LogP contribution in [0.4, 0.5) is 11.4 Å². The first-order chi connectivity index (χ1) is 15.0. The van der Waals surface area contributed by atoms with Gasteiger partial charge in [-0.1, -0.05) is 18.2 Å². The largest absolute Gasteiger partial charge is 0.487 e. The Labute approximate surface area is 183 Å². The summed E-state index contributed by atoms with van der Waals surface area (Å²) < 4.78 is 5.85. The van der Waals surface area contributed by atoms with E-state index in [-0.39, 0.29) is 11.6 Å². The van der Waals surface area contributed by atoms with Gasteiger partial charge >= 0.3 is 0 Å². The van der Waals surface area contributed by atoms with Crippen LogP contribution < -0.4 is 15.4 Å². The number of rotatable bonds is 10. The Balaban J connectivity index is 1.44. The summed E-state index contributed by atoms with van der Waals surface area (Å²) in [5.74, 6) is 0.451. The summed E-state index contributed by atoms with van der Waals surface area (Å²) in [6, 6.07) is 13.6. The lowest BCUT2D eigenvalue weighted by molar-refractivity contribution is -0.384. The molecule has 8 nitrogen and oxygen atoms in total. The molecule has 1 aromatic heterocycles. The fourth-order valence-electron chi connectivity index (χ4n) is 2.69. The molecule has 0 unspecified atom stereocenters. The number of carbonyl (C=O) groups is 1. The molecule has 1 heterocycles.